The maximum atomic E-state index is 12.7. The summed E-state index contributed by atoms with van der Waals surface area (Å²) in [6, 6.07) is 0. The van der Waals surface area contributed by atoms with Crippen LogP contribution >= 0.6 is 0 Å². The van der Waals surface area contributed by atoms with Gasteiger partial charge in [-0.1, -0.05) is 246 Å². The van der Waals surface area contributed by atoms with Crippen molar-refractivity contribution in [1.82, 2.24) is 0 Å². The summed E-state index contributed by atoms with van der Waals surface area (Å²) in [6.45, 7) is 8.99. The van der Waals surface area contributed by atoms with Gasteiger partial charge in [0, 0.05) is 19.3 Å². The average molecular weight is 807 g/mol. The van der Waals surface area contributed by atoms with Crippen LogP contribution in [0.4, 0.5) is 0 Å². The van der Waals surface area contributed by atoms with Crippen LogP contribution < -0.4 is 0 Å². The second-order valence-corrected chi connectivity index (χ2v) is 17.9. The van der Waals surface area contributed by atoms with Gasteiger partial charge >= 0.3 is 17.9 Å². The van der Waals surface area contributed by atoms with Gasteiger partial charge in [-0.15, -0.1) is 0 Å². The van der Waals surface area contributed by atoms with Crippen LogP contribution in [0.1, 0.15) is 285 Å². The molecule has 0 N–H and O–H groups in total. The molecule has 0 amide bonds. The Morgan fingerprint density at radius 1 is 0.333 bits per heavy atom. The lowest BCUT2D eigenvalue weighted by Crippen LogP contribution is -2.30. The van der Waals surface area contributed by atoms with Crippen LogP contribution in [0, 0.1) is 5.92 Å². The Morgan fingerprint density at radius 2 is 0.579 bits per heavy atom. The maximum Gasteiger partial charge on any atom is 0.306 e. The van der Waals surface area contributed by atoms with Gasteiger partial charge in [-0.25, -0.2) is 0 Å². The van der Waals surface area contributed by atoms with Gasteiger partial charge in [0.05, 0.1) is 0 Å². The minimum Gasteiger partial charge on any atom is -0.462 e. The van der Waals surface area contributed by atoms with Crippen molar-refractivity contribution in [2.75, 3.05) is 13.2 Å². The Bertz CT molecular complexity index is 857. The highest BCUT2D eigenvalue weighted by atomic mass is 16.6. The molecule has 338 valence electrons. The summed E-state index contributed by atoms with van der Waals surface area (Å²) < 4.78 is 16.8. The Labute approximate surface area is 355 Å². The minimum absolute atomic E-state index is 0.0634. The second-order valence-electron chi connectivity index (χ2n) is 17.9. The van der Waals surface area contributed by atoms with Gasteiger partial charge < -0.3 is 14.2 Å². The van der Waals surface area contributed by atoms with Gasteiger partial charge in [-0.3, -0.25) is 14.4 Å². The summed E-state index contributed by atoms with van der Waals surface area (Å²) in [5.74, 6) is -0.0547. The zero-order valence-electron chi connectivity index (χ0n) is 38.8. The third-order valence-electron chi connectivity index (χ3n) is 11.5. The van der Waals surface area contributed by atoms with E-state index < -0.39 is 6.10 Å². The van der Waals surface area contributed by atoms with Crippen molar-refractivity contribution in [2.24, 2.45) is 5.92 Å². The number of hydrogen-bond acceptors (Lipinski definition) is 6. The summed E-state index contributed by atoms with van der Waals surface area (Å²) in [5.41, 5.74) is 0. The van der Waals surface area contributed by atoms with E-state index in [0.717, 1.165) is 63.7 Å². The Kier molecular flexibility index (Phi) is 44.2. The average Bonchev–Trinajstić information content (AvgIpc) is 3.19. The number of carbonyl (C=O) groups is 3. The Morgan fingerprint density at radius 3 is 0.860 bits per heavy atom. The monoisotopic (exact) mass is 807 g/mol. The number of rotatable bonds is 46. The van der Waals surface area contributed by atoms with E-state index in [0.29, 0.717) is 19.3 Å². The van der Waals surface area contributed by atoms with Crippen LogP contribution in [0.5, 0.6) is 0 Å². The third-order valence-corrected chi connectivity index (χ3v) is 11.5. The lowest BCUT2D eigenvalue weighted by molar-refractivity contribution is -0.167. The first-order valence-corrected chi connectivity index (χ1v) is 25.4. The summed E-state index contributed by atoms with van der Waals surface area (Å²) in [7, 11) is 0. The number of hydrogen-bond donors (Lipinski definition) is 0. The van der Waals surface area contributed by atoms with Crippen LogP contribution in [0.15, 0.2) is 0 Å². The number of ether oxygens (including phenoxy) is 3. The van der Waals surface area contributed by atoms with E-state index in [-0.39, 0.29) is 31.1 Å². The third kappa shape index (κ3) is 45.3. The van der Waals surface area contributed by atoms with Crippen LogP contribution in [0.3, 0.4) is 0 Å². The topological polar surface area (TPSA) is 78.9 Å². The molecule has 0 aromatic carbocycles. The normalized spacial score (nSPS) is 11.9. The number of unbranched alkanes of at least 4 members (excludes halogenated alkanes) is 33. The molecule has 0 rings (SSSR count). The molecule has 0 aliphatic carbocycles. The molecule has 0 radical (unpaired) electrons. The molecule has 0 aliphatic rings. The van der Waals surface area contributed by atoms with Crippen LogP contribution in [0.2, 0.25) is 0 Å². The molecule has 0 spiro atoms. The minimum atomic E-state index is -0.760. The number of carbonyl (C=O) groups excluding carboxylic acids is 3. The maximum absolute atomic E-state index is 12.7. The smallest absolute Gasteiger partial charge is 0.306 e. The summed E-state index contributed by atoms with van der Waals surface area (Å²) in [4.78, 5) is 37.9. The SMILES string of the molecule is CCCCCCCCCCCCCCCCCCC(=O)OC[C@@H](COC(=O)CCCCCCCCCCCCCC)OC(=O)CCCCCCCCCCC(C)C. The molecule has 0 aliphatic heterocycles. The van der Waals surface area contributed by atoms with Gasteiger partial charge in [-0.05, 0) is 25.2 Å². The molecular formula is C51H98O6. The van der Waals surface area contributed by atoms with Crippen molar-refractivity contribution in [1.29, 1.82) is 0 Å². The van der Waals surface area contributed by atoms with E-state index in [4.69, 9.17) is 14.2 Å². The highest BCUT2D eigenvalue weighted by Gasteiger charge is 2.19. The molecule has 0 aromatic heterocycles. The van der Waals surface area contributed by atoms with Gasteiger partial charge in [-0.2, -0.15) is 0 Å². The second kappa shape index (κ2) is 45.5. The van der Waals surface area contributed by atoms with Crippen molar-refractivity contribution >= 4 is 17.9 Å². The van der Waals surface area contributed by atoms with Crippen LogP contribution in [0.25, 0.3) is 0 Å². The van der Waals surface area contributed by atoms with E-state index in [1.807, 2.05) is 0 Å². The molecule has 0 bridgehead atoms. The highest BCUT2D eigenvalue weighted by molar-refractivity contribution is 5.71. The summed E-state index contributed by atoms with van der Waals surface area (Å²) >= 11 is 0. The quantitative estimate of drug-likeness (QED) is 0.0346. The Balaban J connectivity index is 4.28. The van der Waals surface area contributed by atoms with Gasteiger partial charge in [0.25, 0.3) is 0 Å². The first-order chi connectivity index (χ1) is 27.9. The van der Waals surface area contributed by atoms with E-state index in [1.165, 1.54) is 180 Å². The molecule has 0 aromatic rings. The van der Waals surface area contributed by atoms with Gasteiger partial charge in [0.15, 0.2) is 6.10 Å². The van der Waals surface area contributed by atoms with E-state index >= 15 is 0 Å². The molecule has 0 fully saturated rings. The molecule has 0 heterocycles. The lowest BCUT2D eigenvalue weighted by Gasteiger charge is -2.18. The van der Waals surface area contributed by atoms with Crippen molar-refractivity contribution < 1.29 is 28.6 Å². The molecule has 57 heavy (non-hydrogen) atoms. The van der Waals surface area contributed by atoms with Crippen molar-refractivity contribution in [3.05, 3.63) is 0 Å². The first-order valence-electron chi connectivity index (χ1n) is 25.4. The van der Waals surface area contributed by atoms with Crippen molar-refractivity contribution in [3.8, 4) is 0 Å². The van der Waals surface area contributed by atoms with Gasteiger partial charge in [0.1, 0.15) is 13.2 Å². The first kappa shape index (κ1) is 55.4. The van der Waals surface area contributed by atoms with E-state index in [1.54, 1.807) is 0 Å². The van der Waals surface area contributed by atoms with Crippen molar-refractivity contribution in [2.45, 2.75) is 291 Å². The molecular weight excluding hydrogens is 709 g/mol. The predicted molar refractivity (Wildman–Crippen MR) is 243 cm³/mol. The standard InChI is InChI=1S/C51H98O6/c1-5-7-9-11-13-15-17-19-20-21-22-24-26-31-35-39-43-50(53)56-46-48(57-51(54)44-40-36-32-28-27-29-33-37-41-47(3)4)45-55-49(52)42-38-34-30-25-23-18-16-14-12-10-8-6-2/h47-48H,5-46H2,1-4H3/t48-/m1/s1. The fraction of sp³-hybridized carbons (Fsp3) is 0.941. The molecule has 0 saturated heterocycles. The Hall–Kier alpha value is -1.59. The zero-order valence-corrected chi connectivity index (χ0v) is 38.8. The highest BCUT2D eigenvalue weighted by Crippen LogP contribution is 2.17. The lowest BCUT2D eigenvalue weighted by atomic mass is 10.0. The largest absolute Gasteiger partial charge is 0.462 e. The van der Waals surface area contributed by atoms with E-state index in [2.05, 4.69) is 27.7 Å². The fourth-order valence-corrected chi connectivity index (χ4v) is 7.69. The van der Waals surface area contributed by atoms with Crippen LogP contribution in [-0.4, -0.2) is 37.2 Å². The molecule has 0 unspecified atom stereocenters. The molecule has 1 atom stereocenters. The summed E-state index contributed by atoms with van der Waals surface area (Å²) in [6.07, 6.45) is 46.6. The zero-order chi connectivity index (χ0) is 41.7. The number of esters is 3. The predicted octanol–water partition coefficient (Wildman–Crippen LogP) is 16.3. The van der Waals surface area contributed by atoms with E-state index in [9.17, 15) is 14.4 Å². The van der Waals surface area contributed by atoms with Crippen molar-refractivity contribution in [3.63, 3.8) is 0 Å². The van der Waals surface area contributed by atoms with Gasteiger partial charge in [0.2, 0.25) is 0 Å². The molecule has 6 heteroatoms. The fourth-order valence-electron chi connectivity index (χ4n) is 7.69. The molecule has 0 saturated carbocycles. The summed E-state index contributed by atoms with van der Waals surface area (Å²) in [5, 5.41) is 0. The van der Waals surface area contributed by atoms with Crippen LogP contribution in [-0.2, 0) is 28.6 Å². The molecule has 6 nitrogen and oxygen atoms in total.